The van der Waals surface area contributed by atoms with Crippen LogP contribution < -0.4 is 10.5 Å². The van der Waals surface area contributed by atoms with Crippen molar-refractivity contribution in [1.29, 1.82) is 0 Å². The van der Waals surface area contributed by atoms with Gasteiger partial charge in [0.05, 0.1) is 17.6 Å². The van der Waals surface area contributed by atoms with Gasteiger partial charge < -0.3 is 5.73 Å². The van der Waals surface area contributed by atoms with Crippen molar-refractivity contribution in [1.82, 2.24) is 19.7 Å². The van der Waals surface area contributed by atoms with Crippen LogP contribution in [-0.2, 0) is 23.1 Å². The molecular formula is C11H15N5O2S. The fraction of sp³-hybridized carbons (Fsp3) is 0.273. The lowest BCUT2D eigenvalue weighted by molar-refractivity contribution is 0.553. The zero-order valence-corrected chi connectivity index (χ0v) is 11.0. The van der Waals surface area contributed by atoms with Crippen LogP contribution in [0.1, 0.15) is 5.56 Å². The van der Waals surface area contributed by atoms with Crippen molar-refractivity contribution >= 4 is 10.0 Å². The Morgan fingerprint density at radius 3 is 2.58 bits per heavy atom. The quantitative estimate of drug-likeness (QED) is 0.757. The number of aromatic nitrogens is 3. The van der Waals surface area contributed by atoms with E-state index in [2.05, 4.69) is 15.0 Å². The molecule has 102 valence electrons. The van der Waals surface area contributed by atoms with Crippen LogP contribution in [0.3, 0.4) is 0 Å². The van der Waals surface area contributed by atoms with Gasteiger partial charge in [0, 0.05) is 19.3 Å². The number of sulfonamides is 1. The Balaban J connectivity index is 1.97. The van der Waals surface area contributed by atoms with Crippen LogP contribution in [0.15, 0.2) is 41.6 Å². The molecule has 2 aromatic rings. The first-order valence-corrected chi connectivity index (χ1v) is 7.23. The molecule has 2 rings (SSSR count). The van der Waals surface area contributed by atoms with Gasteiger partial charge in [-0.15, -0.1) is 5.10 Å². The number of rotatable bonds is 6. The van der Waals surface area contributed by atoms with E-state index in [1.165, 1.54) is 0 Å². The molecule has 0 saturated carbocycles. The molecule has 0 bridgehead atoms. The van der Waals surface area contributed by atoms with Crippen molar-refractivity contribution in [3.63, 3.8) is 0 Å². The normalized spacial score (nSPS) is 11.6. The third-order valence-corrected chi connectivity index (χ3v) is 4.05. The first-order chi connectivity index (χ1) is 9.12. The molecule has 3 N–H and O–H groups in total. The van der Waals surface area contributed by atoms with Crippen molar-refractivity contribution in [2.24, 2.45) is 5.73 Å². The van der Waals surface area contributed by atoms with E-state index in [1.54, 1.807) is 41.3 Å². The molecule has 0 radical (unpaired) electrons. The molecular weight excluding hydrogens is 266 g/mol. The molecule has 0 aliphatic rings. The summed E-state index contributed by atoms with van der Waals surface area (Å²) in [5.41, 5.74) is 6.35. The van der Waals surface area contributed by atoms with Crippen LogP contribution in [0.25, 0.3) is 0 Å². The number of hydrogen-bond acceptors (Lipinski definition) is 5. The molecule has 1 aromatic heterocycles. The van der Waals surface area contributed by atoms with E-state index in [-0.39, 0.29) is 11.4 Å². The molecule has 1 heterocycles. The molecule has 19 heavy (non-hydrogen) atoms. The largest absolute Gasteiger partial charge is 0.326 e. The topological polar surface area (TPSA) is 103 Å². The highest BCUT2D eigenvalue weighted by Gasteiger charge is 2.12. The lowest BCUT2D eigenvalue weighted by Crippen LogP contribution is -2.27. The SMILES string of the molecule is NCc1ccc(S(=O)(=O)NCCn2ccnn2)cc1. The van der Waals surface area contributed by atoms with Crippen molar-refractivity contribution in [3.05, 3.63) is 42.2 Å². The van der Waals surface area contributed by atoms with E-state index in [1.807, 2.05) is 0 Å². The maximum Gasteiger partial charge on any atom is 0.240 e. The molecule has 8 heteroatoms. The fourth-order valence-corrected chi connectivity index (χ4v) is 2.56. The van der Waals surface area contributed by atoms with Crippen molar-refractivity contribution in [2.45, 2.75) is 18.0 Å². The Morgan fingerprint density at radius 2 is 2.00 bits per heavy atom. The van der Waals surface area contributed by atoms with Crippen LogP contribution in [0, 0.1) is 0 Å². The molecule has 1 aromatic carbocycles. The minimum atomic E-state index is -3.49. The van der Waals surface area contributed by atoms with Crippen LogP contribution in [0.2, 0.25) is 0 Å². The average molecular weight is 281 g/mol. The number of nitrogens with one attached hydrogen (secondary N) is 1. The van der Waals surface area contributed by atoms with Crippen LogP contribution >= 0.6 is 0 Å². The maximum atomic E-state index is 12.0. The Bertz CT molecular complexity index is 607. The first kappa shape index (κ1) is 13.7. The summed E-state index contributed by atoms with van der Waals surface area (Å²) in [6.45, 7) is 1.07. The standard InChI is InChI=1S/C11H15N5O2S/c12-9-10-1-3-11(4-2-10)19(17,18)14-6-8-16-7-5-13-15-16/h1-5,7,14H,6,8-9,12H2. The summed E-state index contributed by atoms with van der Waals surface area (Å²) >= 11 is 0. The van der Waals surface area contributed by atoms with Gasteiger partial charge in [-0.25, -0.2) is 13.1 Å². The van der Waals surface area contributed by atoms with Gasteiger partial charge in [-0.3, -0.25) is 4.68 Å². The van der Waals surface area contributed by atoms with Gasteiger partial charge in [0.15, 0.2) is 0 Å². The van der Waals surface area contributed by atoms with Crippen molar-refractivity contribution in [2.75, 3.05) is 6.54 Å². The van der Waals surface area contributed by atoms with E-state index >= 15 is 0 Å². The van der Waals surface area contributed by atoms with Gasteiger partial charge in [-0.2, -0.15) is 0 Å². The average Bonchev–Trinajstić information content (AvgIpc) is 2.92. The zero-order chi connectivity index (χ0) is 13.7. The lowest BCUT2D eigenvalue weighted by Gasteiger charge is -2.07. The van der Waals surface area contributed by atoms with E-state index < -0.39 is 10.0 Å². The Kier molecular flexibility index (Phi) is 4.25. The summed E-state index contributed by atoms with van der Waals surface area (Å²) in [4.78, 5) is 0.225. The van der Waals surface area contributed by atoms with Gasteiger partial charge in [-0.05, 0) is 17.7 Å². The van der Waals surface area contributed by atoms with Gasteiger partial charge in [0.25, 0.3) is 0 Å². The second kappa shape index (κ2) is 5.91. The number of nitrogens with zero attached hydrogens (tertiary/aromatic N) is 3. The molecule has 0 fully saturated rings. The minimum Gasteiger partial charge on any atom is -0.326 e. The van der Waals surface area contributed by atoms with E-state index in [4.69, 9.17) is 5.73 Å². The van der Waals surface area contributed by atoms with Crippen LogP contribution in [0.4, 0.5) is 0 Å². The zero-order valence-electron chi connectivity index (χ0n) is 10.2. The predicted molar refractivity (Wildman–Crippen MR) is 69.5 cm³/mol. The molecule has 0 spiro atoms. The Labute approximate surface area is 111 Å². The van der Waals surface area contributed by atoms with Gasteiger partial charge in [-0.1, -0.05) is 17.3 Å². The summed E-state index contributed by atoms with van der Waals surface area (Å²) in [6.07, 6.45) is 3.21. The number of hydrogen-bond donors (Lipinski definition) is 2. The monoisotopic (exact) mass is 281 g/mol. The maximum absolute atomic E-state index is 12.0. The summed E-state index contributed by atoms with van der Waals surface area (Å²) < 4.78 is 28.0. The van der Waals surface area contributed by atoms with E-state index in [0.717, 1.165) is 5.56 Å². The van der Waals surface area contributed by atoms with Gasteiger partial charge >= 0.3 is 0 Å². The summed E-state index contributed by atoms with van der Waals surface area (Å²) in [6, 6.07) is 6.48. The van der Waals surface area contributed by atoms with Gasteiger partial charge in [0.2, 0.25) is 10.0 Å². The summed E-state index contributed by atoms with van der Waals surface area (Å²) in [5, 5.41) is 7.39. The van der Waals surface area contributed by atoms with Crippen LogP contribution in [0.5, 0.6) is 0 Å². The highest BCUT2D eigenvalue weighted by atomic mass is 32.2. The highest BCUT2D eigenvalue weighted by Crippen LogP contribution is 2.09. The predicted octanol–water partition coefficient (Wildman–Crippen LogP) is -0.285. The van der Waals surface area contributed by atoms with Crippen molar-refractivity contribution in [3.8, 4) is 0 Å². The summed E-state index contributed by atoms with van der Waals surface area (Å²) in [5.74, 6) is 0. The van der Waals surface area contributed by atoms with Gasteiger partial charge in [0.1, 0.15) is 0 Å². The molecule has 0 amide bonds. The Hall–Kier alpha value is -1.77. The molecule has 0 aliphatic carbocycles. The molecule has 0 unspecified atom stereocenters. The fourth-order valence-electron chi connectivity index (χ4n) is 1.53. The third kappa shape index (κ3) is 3.60. The molecule has 7 nitrogen and oxygen atoms in total. The van der Waals surface area contributed by atoms with E-state index in [9.17, 15) is 8.42 Å². The smallest absolute Gasteiger partial charge is 0.240 e. The Morgan fingerprint density at radius 1 is 1.26 bits per heavy atom. The third-order valence-electron chi connectivity index (χ3n) is 2.57. The summed E-state index contributed by atoms with van der Waals surface area (Å²) in [7, 11) is -3.49. The highest BCUT2D eigenvalue weighted by molar-refractivity contribution is 7.89. The van der Waals surface area contributed by atoms with E-state index in [0.29, 0.717) is 13.1 Å². The minimum absolute atomic E-state index is 0.225. The molecule has 0 aliphatic heterocycles. The first-order valence-electron chi connectivity index (χ1n) is 5.74. The molecule has 0 saturated heterocycles. The second-order valence-electron chi connectivity index (χ2n) is 3.91. The number of benzene rings is 1. The molecule has 0 atom stereocenters. The lowest BCUT2D eigenvalue weighted by atomic mass is 10.2. The van der Waals surface area contributed by atoms with Crippen molar-refractivity contribution < 1.29 is 8.42 Å². The number of nitrogens with two attached hydrogens (primary N) is 1. The second-order valence-corrected chi connectivity index (χ2v) is 5.68. The van der Waals surface area contributed by atoms with Crippen LogP contribution in [-0.4, -0.2) is 30.0 Å².